The molecule has 0 bridgehead atoms. The van der Waals surface area contributed by atoms with Crippen molar-refractivity contribution in [2.45, 2.75) is 0 Å². The van der Waals surface area contributed by atoms with Crippen LogP contribution in [0.2, 0.25) is 0 Å². The highest BCUT2D eigenvalue weighted by molar-refractivity contribution is 5.22. The van der Waals surface area contributed by atoms with Gasteiger partial charge >= 0.3 is 0 Å². The van der Waals surface area contributed by atoms with Crippen LogP contribution in [0.4, 0.5) is 5.95 Å². The summed E-state index contributed by atoms with van der Waals surface area (Å²) in [5, 5.41) is 9.60. The number of nitroso groups, excluding NO2 is 1. The van der Waals surface area contributed by atoms with Crippen LogP contribution in [0.25, 0.3) is 0 Å². The molecule has 1 N–H and O–H groups in total. The van der Waals surface area contributed by atoms with Crippen LogP contribution < -0.4 is 5.01 Å². The summed E-state index contributed by atoms with van der Waals surface area (Å²) in [6.45, 7) is 0. The first kappa shape index (κ1) is 5.67. The molecule has 0 aromatic carbocycles. The zero-order valence-corrected chi connectivity index (χ0v) is 4.77. The van der Waals surface area contributed by atoms with Gasteiger partial charge in [0.25, 0.3) is 0 Å². The van der Waals surface area contributed by atoms with Crippen molar-refractivity contribution < 1.29 is 0 Å². The Balaban J connectivity index is 2.76. The molecule has 1 heterocycles. The fourth-order valence-corrected chi connectivity index (χ4v) is 0.394. The van der Waals surface area contributed by atoms with Gasteiger partial charge in [-0.2, -0.15) is 15.1 Å². The molecule has 0 aliphatic heterocycles. The fraction of sp³-hybridized carbons (Fsp3) is 0.333. The highest BCUT2D eigenvalue weighted by atomic mass is 16.3. The molecule has 0 radical (unpaired) electrons. The summed E-state index contributed by atoms with van der Waals surface area (Å²) in [5.74, 6) is 0.338. The van der Waals surface area contributed by atoms with Crippen molar-refractivity contribution in [1.82, 2.24) is 15.2 Å². The van der Waals surface area contributed by atoms with Gasteiger partial charge in [0.2, 0.25) is 5.95 Å². The van der Waals surface area contributed by atoms with Crippen LogP contribution in [0.3, 0.4) is 0 Å². The summed E-state index contributed by atoms with van der Waals surface area (Å²) < 4.78 is 0. The number of H-pyrrole nitrogens is 1. The molecule has 0 unspecified atom stereocenters. The van der Waals surface area contributed by atoms with Gasteiger partial charge in [-0.3, -0.25) is 0 Å². The number of anilines is 1. The molecule has 9 heavy (non-hydrogen) atoms. The zero-order valence-electron chi connectivity index (χ0n) is 4.77. The SMILES string of the molecule is CN(N=O)c1ncn[nH]1. The first-order chi connectivity index (χ1) is 4.34. The van der Waals surface area contributed by atoms with Crippen molar-refractivity contribution >= 4 is 5.95 Å². The standard InChI is InChI=1S/C3H5N5O/c1-8(7-9)3-4-2-5-6-3/h2H,1H3,(H,4,5,6). The second-order valence-electron chi connectivity index (χ2n) is 1.41. The summed E-state index contributed by atoms with van der Waals surface area (Å²) in [5.41, 5.74) is 0. The highest BCUT2D eigenvalue weighted by Crippen LogP contribution is 1.98. The Hall–Kier alpha value is -1.46. The van der Waals surface area contributed by atoms with E-state index in [2.05, 4.69) is 20.5 Å². The maximum absolute atomic E-state index is 9.79. The summed E-state index contributed by atoms with van der Waals surface area (Å²) in [6, 6.07) is 0. The minimum Gasteiger partial charge on any atom is -0.244 e. The number of aromatic nitrogens is 3. The Morgan fingerprint density at radius 2 is 2.67 bits per heavy atom. The molecule has 48 valence electrons. The predicted molar refractivity (Wildman–Crippen MR) is 30.6 cm³/mol. The van der Waals surface area contributed by atoms with Gasteiger partial charge in [-0.15, -0.1) is 4.91 Å². The Labute approximate surface area is 50.8 Å². The van der Waals surface area contributed by atoms with Gasteiger partial charge in [-0.25, -0.2) is 5.10 Å². The molecule has 0 atom stereocenters. The molecule has 0 saturated heterocycles. The third-order valence-electron chi connectivity index (χ3n) is 0.831. The van der Waals surface area contributed by atoms with E-state index in [1.54, 1.807) is 0 Å². The van der Waals surface area contributed by atoms with Crippen molar-refractivity contribution in [2.75, 3.05) is 12.1 Å². The van der Waals surface area contributed by atoms with Gasteiger partial charge in [0.05, 0.1) is 5.29 Å². The van der Waals surface area contributed by atoms with Gasteiger partial charge in [0, 0.05) is 7.05 Å². The third-order valence-corrected chi connectivity index (χ3v) is 0.831. The van der Waals surface area contributed by atoms with E-state index in [-0.39, 0.29) is 0 Å². The largest absolute Gasteiger partial charge is 0.244 e. The zero-order chi connectivity index (χ0) is 6.69. The Morgan fingerprint density at radius 1 is 1.89 bits per heavy atom. The smallest absolute Gasteiger partial charge is 0.244 e. The van der Waals surface area contributed by atoms with E-state index in [1.165, 1.54) is 13.4 Å². The fourth-order valence-electron chi connectivity index (χ4n) is 0.394. The first-order valence-electron chi connectivity index (χ1n) is 2.27. The first-order valence-corrected chi connectivity index (χ1v) is 2.27. The highest BCUT2D eigenvalue weighted by Gasteiger charge is 1.99. The average Bonchev–Trinajstić information content (AvgIpc) is 2.37. The monoisotopic (exact) mass is 127 g/mol. The minimum atomic E-state index is 0.338. The Kier molecular flexibility index (Phi) is 1.39. The number of rotatable bonds is 2. The molecule has 0 spiro atoms. The van der Waals surface area contributed by atoms with E-state index < -0.39 is 0 Å². The van der Waals surface area contributed by atoms with Crippen molar-refractivity contribution in [3.8, 4) is 0 Å². The van der Waals surface area contributed by atoms with Crippen LogP contribution in [0.15, 0.2) is 11.6 Å². The molecular weight excluding hydrogens is 122 g/mol. The topological polar surface area (TPSA) is 74.2 Å². The normalized spacial score (nSPS) is 9.00. The van der Waals surface area contributed by atoms with E-state index >= 15 is 0 Å². The average molecular weight is 127 g/mol. The molecule has 0 saturated carbocycles. The predicted octanol–water partition coefficient (Wildman–Crippen LogP) is -0.0777. The van der Waals surface area contributed by atoms with Crippen LogP contribution in [0.1, 0.15) is 0 Å². The lowest BCUT2D eigenvalue weighted by Gasteiger charge is -1.99. The quantitative estimate of drug-likeness (QED) is 0.445. The lowest BCUT2D eigenvalue weighted by atomic mass is 11.0. The minimum absolute atomic E-state index is 0.338. The lowest BCUT2D eigenvalue weighted by Crippen LogP contribution is -2.08. The maximum atomic E-state index is 9.79. The van der Waals surface area contributed by atoms with Crippen LogP contribution in [-0.2, 0) is 0 Å². The van der Waals surface area contributed by atoms with Crippen LogP contribution in [0.5, 0.6) is 0 Å². The van der Waals surface area contributed by atoms with E-state index in [0.29, 0.717) is 5.95 Å². The van der Waals surface area contributed by atoms with Gasteiger partial charge in [0.1, 0.15) is 6.33 Å². The molecular formula is C3H5N5O. The summed E-state index contributed by atoms with van der Waals surface area (Å²) >= 11 is 0. The molecule has 6 nitrogen and oxygen atoms in total. The number of hydrogen-bond donors (Lipinski definition) is 1. The Bertz CT molecular complexity index is 182. The number of nitrogens with one attached hydrogen (secondary N) is 1. The summed E-state index contributed by atoms with van der Waals surface area (Å²) in [6.07, 6.45) is 1.30. The van der Waals surface area contributed by atoms with Crippen molar-refractivity contribution in [3.05, 3.63) is 11.2 Å². The van der Waals surface area contributed by atoms with E-state index in [1.807, 2.05) is 0 Å². The molecule has 1 rings (SSSR count). The Morgan fingerprint density at radius 3 is 3.11 bits per heavy atom. The molecule has 6 heteroatoms. The van der Waals surface area contributed by atoms with E-state index in [4.69, 9.17) is 0 Å². The van der Waals surface area contributed by atoms with Gasteiger partial charge in [-0.05, 0) is 0 Å². The van der Waals surface area contributed by atoms with Crippen LogP contribution >= 0.6 is 0 Å². The summed E-state index contributed by atoms with van der Waals surface area (Å²) in [7, 11) is 1.48. The molecule has 0 fully saturated rings. The maximum Gasteiger partial charge on any atom is 0.244 e. The number of hydrogen-bond acceptors (Lipinski definition) is 4. The summed E-state index contributed by atoms with van der Waals surface area (Å²) in [4.78, 5) is 13.4. The molecule has 0 amide bonds. The number of nitrogens with zero attached hydrogens (tertiary/aromatic N) is 4. The molecule has 1 aromatic heterocycles. The molecule has 1 aromatic rings. The van der Waals surface area contributed by atoms with Gasteiger partial charge in [-0.1, -0.05) is 0 Å². The van der Waals surface area contributed by atoms with E-state index in [9.17, 15) is 4.91 Å². The van der Waals surface area contributed by atoms with Crippen molar-refractivity contribution in [1.29, 1.82) is 0 Å². The lowest BCUT2D eigenvalue weighted by molar-refractivity contribution is 0.926. The van der Waals surface area contributed by atoms with Crippen molar-refractivity contribution in [3.63, 3.8) is 0 Å². The van der Waals surface area contributed by atoms with E-state index in [0.717, 1.165) is 5.01 Å². The van der Waals surface area contributed by atoms with Crippen molar-refractivity contribution in [2.24, 2.45) is 5.29 Å². The van der Waals surface area contributed by atoms with Crippen LogP contribution in [-0.4, -0.2) is 22.2 Å². The third kappa shape index (κ3) is 1.01. The van der Waals surface area contributed by atoms with Gasteiger partial charge in [0.15, 0.2) is 0 Å². The van der Waals surface area contributed by atoms with Crippen LogP contribution in [0, 0.1) is 4.91 Å². The second kappa shape index (κ2) is 2.21. The second-order valence-corrected chi connectivity index (χ2v) is 1.41. The molecule has 0 aliphatic carbocycles. The van der Waals surface area contributed by atoms with Gasteiger partial charge < -0.3 is 0 Å². The number of aromatic amines is 1. The molecule has 0 aliphatic rings.